The van der Waals surface area contributed by atoms with Gasteiger partial charge in [0, 0.05) is 12.1 Å². The number of aryl methyl sites for hydroxylation is 2. The fourth-order valence-electron chi connectivity index (χ4n) is 5.90. The number of nitrogens with zero attached hydrogens (tertiary/aromatic N) is 1. The van der Waals surface area contributed by atoms with Crippen LogP contribution in [0.4, 0.5) is 0 Å². The Hall–Kier alpha value is -2.99. The fraction of sp³-hybridized carbons (Fsp3) is 0.531. The van der Waals surface area contributed by atoms with Gasteiger partial charge in [0.05, 0.1) is 12.6 Å². The molecule has 2 aromatic carbocycles. The molecule has 38 heavy (non-hydrogen) atoms. The maximum absolute atomic E-state index is 13.8. The normalized spacial score (nSPS) is 18.2. The molecule has 2 aliphatic rings. The van der Waals surface area contributed by atoms with E-state index < -0.39 is 11.6 Å². The summed E-state index contributed by atoms with van der Waals surface area (Å²) in [5.74, 6) is -0.175. The van der Waals surface area contributed by atoms with Gasteiger partial charge in [-0.1, -0.05) is 75.1 Å². The Bertz CT molecular complexity index is 1120. The number of benzene rings is 2. The van der Waals surface area contributed by atoms with Crippen molar-refractivity contribution in [3.8, 4) is 0 Å². The van der Waals surface area contributed by atoms with E-state index in [0.29, 0.717) is 31.4 Å². The highest BCUT2D eigenvalue weighted by Crippen LogP contribution is 2.29. The Balaban J connectivity index is 1.47. The van der Waals surface area contributed by atoms with Crippen LogP contribution in [0.5, 0.6) is 0 Å². The van der Waals surface area contributed by atoms with Gasteiger partial charge in [-0.15, -0.1) is 0 Å². The van der Waals surface area contributed by atoms with Crippen molar-refractivity contribution in [1.29, 1.82) is 0 Å². The number of carbonyl (C=O) groups is 3. The molecule has 0 saturated heterocycles. The van der Waals surface area contributed by atoms with Crippen LogP contribution in [0.1, 0.15) is 85.8 Å². The van der Waals surface area contributed by atoms with E-state index in [2.05, 4.69) is 54.5 Å². The number of Topliss-reactive ketones (excluding diaryl/α,β-unsaturated/α-hetero) is 1. The van der Waals surface area contributed by atoms with Crippen molar-refractivity contribution in [2.45, 2.75) is 90.3 Å². The molecule has 1 atom stereocenters. The summed E-state index contributed by atoms with van der Waals surface area (Å²) in [6, 6.07) is 15.0. The molecule has 1 saturated carbocycles. The minimum atomic E-state index is -0.986. The van der Waals surface area contributed by atoms with E-state index >= 15 is 0 Å². The highest BCUT2D eigenvalue weighted by Gasteiger charge is 2.42. The maximum atomic E-state index is 13.8. The first-order valence-corrected chi connectivity index (χ1v) is 14.3. The van der Waals surface area contributed by atoms with Gasteiger partial charge in [-0.05, 0) is 74.8 Å². The number of ketones is 1. The first-order valence-electron chi connectivity index (χ1n) is 14.3. The van der Waals surface area contributed by atoms with Crippen LogP contribution in [0, 0.1) is 12.8 Å². The SMILES string of the molecule is Cc1ccc2c(c1)CCCN(CC(=O)[C@H](CC(C)C)NC(=O)C1(NC(=O)c3ccccc3)CCCCC1)C2. The zero-order chi connectivity index (χ0) is 27.1. The molecule has 204 valence electrons. The van der Waals surface area contributed by atoms with Crippen LogP contribution in [0.3, 0.4) is 0 Å². The van der Waals surface area contributed by atoms with Gasteiger partial charge in [-0.3, -0.25) is 19.3 Å². The predicted octanol–water partition coefficient (Wildman–Crippen LogP) is 4.98. The molecule has 2 aromatic rings. The highest BCUT2D eigenvalue weighted by atomic mass is 16.2. The Morgan fingerprint density at radius 1 is 0.947 bits per heavy atom. The van der Waals surface area contributed by atoms with Crippen LogP contribution in [-0.4, -0.2) is 47.2 Å². The summed E-state index contributed by atoms with van der Waals surface area (Å²) in [6.45, 7) is 8.19. The maximum Gasteiger partial charge on any atom is 0.252 e. The molecule has 0 spiro atoms. The van der Waals surface area contributed by atoms with Crippen LogP contribution in [0.2, 0.25) is 0 Å². The number of amides is 2. The average molecular weight is 518 g/mol. The highest BCUT2D eigenvalue weighted by molar-refractivity contribution is 6.00. The summed E-state index contributed by atoms with van der Waals surface area (Å²) in [7, 11) is 0. The van der Waals surface area contributed by atoms with Crippen molar-refractivity contribution < 1.29 is 14.4 Å². The molecule has 1 aliphatic carbocycles. The van der Waals surface area contributed by atoms with E-state index in [-0.39, 0.29) is 23.5 Å². The van der Waals surface area contributed by atoms with E-state index in [1.165, 1.54) is 16.7 Å². The lowest BCUT2D eigenvalue weighted by Gasteiger charge is -2.38. The van der Waals surface area contributed by atoms with Gasteiger partial charge < -0.3 is 10.6 Å². The molecule has 1 fully saturated rings. The van der Waals surface area contributed by atoms with Crippen LogP contribution in [-0.2, 0) is 22.6 Å². The van der Waals surface area contributed by atoms with Gasteiger partial charge >= 0.3 is 0 Å². The summed E-state index contributed by atoms with van der Waals surface area (Å²) in [5.41, 5.74) is 3.48. The second-order valence-electron chi connectivity index (χ2n) is 11.7. The standard InChI is InChI=1S/C32H43N3O3/c1-23(2)19-28(29(36)22-35-18-10-13-26-20-24(3)14-15-27(26)21-35)33-31(38)32(16-8-5-9-17-32)34-30(37)25-11-6-4-7-12-25/h4,6-7,11-12,14-15,20,23,28H,5,8-10,13,16-19,21-22H2,1-3H3,(H,33,38)(H,34,37)/t28-/m0/s1. The molecule has 2 amide bonds. The Morgan fingerprint density at radius 2 is 1.68 bits per heavy atom. The lowest BCUT2D eigenvalue weighted by atomic mass is 9.80. The van der Waals surface area contributed by atoms with E-state index in [1.54, 1.807) is 12.1 Å². The third kappa shape index (κ3) is 7.10. The molecular formula is C32H43N3O3. The Labute approximate surface area is 227 Å². The molecule has 2 N–H and O–H groups in total. The van der Waals surface area contributed by atoms with Crippen molar-refractivity contribution >= 4 is 17.6 Å². The molecule has 6 nitrogen and oxygen atoms in total. The third-order valence-corrected chi connectivity index (χ3v) is 7.99. The first-order chi connectivity index (χ1) is 18.3. The number of fused-ring (bicyclic) bond motifs is 1. The molecule has 1 aliphatic heterocycles. The lowest BCUT2D eigenvalue weighted by molar-refractivity contribution is -0.133. The summed E-state index contributed by atoms with van der Waals surface area (Å²) < 4.78 is 0. The fourth-order valence-corrected chi connectivity index (χ4v) is 5.90. The van der Waals surface area contributed by atoms with Crippen LogP contribution in [0.15, 0.2) is 48.5 Å². The second kappa shape index (κ2) is 12.7. The zero-order valence-corrected chi connectivity index (χ0v) is 23.2. The van der Waals surface area contributed by atoms with Crippen molar-refractivity contribution in [2.75, 3.05) is 13.1 Å². The van der Waals surface area contributed by atoms with Gasteiger partial charge in [0.25, 0.3) is 5.91 Å². The topological polar surface area (TPSA) is 78.5 Å². The van der Waals surface area contributed by atoms with Crippen molar-refractivity contribution in [1.82, 2.24) is 15.5 Å². The number of hydrogen-bond acceptors (Lipinski definition) is 4. The minimum absolute atomic E-state index is 0.0444. The van der Waals surface area contributed by atoms with E-state index in [1.807, 2.05) is 18.2 Å². The summed E-state index contributed by atoms with van der Waals surface area (Å²) in [6.07, 6.45) is 6.58. The quantitative estimate of drug-likeness (QED) is 0.492. The number of hydrogen-bond donors (Lipinski definition) is 2. The molecule has 0 aromatic heterocycles. The summed E-state index contributed by atoms with van der Waals surface area (Å²) in [5, 5.41) is 6.20. The van der Waals surface area contributed by atoms with E-state index in [9.17, 15) is 14.4 Å². The van der Waals surface area contributed by atoms with Crippen LogP contribution < -0.4 is 10.6 Å². The third-order valence-electron chi connectivity index (χ3n) is 7.99. The first kappa shape index (κ1) is 28.0. The number of nitrogens with one attached hydrogen (secondary N) is 2. The molecule has 0 unspecified atom stereocenters. The van der Waals surface area contributed by atoms with Crippen molar-refractivity contribution in [2.24, 2.45) is 5.92 Å². The molecular weight excluding hydrogens is 474 g/mol. The Kier molecular flexibility index (Phi) is 9.37. The lowest BCUT2D eigenvalue weighted by Crippen LogP contribution is -2.62. The van der Waals surface area contributed by atoms with Crippen LogP contribution in [0.25, 0.3) is 0 Å². The van der Waals surface area contributed by atoms with Crippen LogP contribution >= 0.6 is 0 Å². The van der Waals surface area contributed by atoms with E-state index in [4.69, 9.17) is 0 Å². The molecule has 0 bridgehead atoms. The van der Waals surface area contributed by atoms with Gasteiger partial charge in [0.1, 0.15) is 5.54 Å². The molecule has 4 rings (SSSR count). The predicted molar refractivity (Wildman–Crippen MR) is 151 cm³/mol. The molecule has 6 heteroatoms. The van der Waals surface area contributed by atoms with Crippen molar-refractivity contribution in [3.05, 3.63) is 70.8 Å². The largest absolute Gasteiger partial charge is 0.344 e. The Morgan fingerprint density at radius 3 is 2.39 bits per heavy atom. The van der Waals surface area contributed by atoms with Gasteiger partial charge in [-0.2, -0.15) is 0 Å². The number of carbonyl (C=O) groups excluding carboxylic acids is 3. The molecule has 0 radical (unpaired) electrons. The van der Waals surface area contributed by atoms with Gasteiger partial charge in [0.15, 0.2) is 5.78 Å². The minimum Gasteiger partial charge on any atom is -0.344 e. The van der Waals surface area contributed by atoms with Gasteiger partial charge in [0.2, 0.25) is 5.91 Å². The number of rotatable bonds is 9. The van der Waals surface area contributed by atoms with Gasteiger partial charge in [-0.25, -0.2) is 0 Å². The average Bonchev–Trinajstić information content (AvgIpc) is 3.10. The smallest absolute Gasteiger partial charge is 0.252 e. The summed E-state index contributed by atoms with van der Waals surface area (Å²) in [4.78, 5) is 42.8. The second-order valence-corrected chi connectivity index (χ2v) is 11.7. The van der Waals surface area contributed by atoms with Crippen molar-refractivity contribution in [3.63, 3.8) is 0 Å². The summed E-state index contributed by atoms with van der Waals surface area (Å²) >= 11 is 0. The molecule has 1 heterocycles. The monoisotopic (exact) mass is 517 g/mol. The zero-order valence-electron chi connectivity index (χ0n) is 23.2. The van der Waals surface area contributed by atoms with E-state index in [0.717, 1.165) is 45.2 Å².